The molecular weight excluding hydrogens is 236 g/mol. The number of aromatic carboxylic acids is 1. The molecule has 2 rings (SSSR count). The molecule has 0 saturated heterocycles. The molecule has 7 nitrogen and oxygen atoms in total. The number of carbonyl (C=O) groups is 2. The number of nitrogens with zero attached hydrogens (tertiary/aromatic N) is 2. The van der Waals surface area contributed by atoms with Gasteiger partial charge in [-0.25, -0.2) is 4.79 Å². The van der Waals surface area contributed by atoms with Crippen molar-refractivity contribution in [1.29, 1.82) is 0 Å². The Morgan fingerprint density at radius 2 is 2.17 bits per heavy atom. The lowest BCUT2D eigenvalue weighted by molar-refractivity contribution is 0.0696. The molecule has 0 unspecified atom stereocenters. The first-order valence-electron chi connectivity index (χ1n) is 5.09. The number of nitrogens with one attached hydrogen (secondary N) is 2. The van der Waals surface area contributed by atoms with Crippen LogP contribution in [0.15, 0.2) is 24.4 Å². The van der Waals surface area contributed by atoms with Crippen molar-refractivity contribution in [1.82, 2.24) is 15.4 Å². The van der Waals surface area contributed by atoms with Crippen LogP contribution >= 0.6 is 0 Å². The number of amides is 1. The minimum Gasteiger partial charge on any atom is -0.478 e. The summed E-state index contributed by atoms with van der Waals surface area (Å²) in [7, 11) is 0. The van der Waals surface area contributed by atoms with Crippen LogP contribution in [-0.2, 0) is 0 Å². The smallest absolute Gasteiger partial charge is 0.335 e. The molecule has 0 fully saturated rings. The summed E-state index contributed by atoms with van der Waals surface area (Å²) in [6.07, 6.45) is 1.30. The van der Waals surface area contributed by atoms with Crippen LogP contribution in [0.25, 0.3) is 0 Å². The van der Waals surface area contributed by atoms with Gasteiger partial charge in [-0.2, -0.15) is 15.4 Å². The molecule has 7 heteroatoms. The third kappa shape index (κ3) is 2.34. The van der Waals surface area contributed by atoms with Crippen LogP contribution in [0.5, 0.6) is 0 Å². The number of hydrogen-bond donors (Lipinski definition) is 3. The van der Waals surface area contributed by atoms with Crippen molar-refractivity contribution < 1.29 is 14.7 Å². The highest BCUT2D eigenvalue weighted by atomic mass is 16.4. The molecule has 1 amide bonds. The molecule has 0 radical (unpaired) electrons. The van der Waals surface area contributed by atoms with Gasteiger partial charge < -0.3 is 10.4 Å². The van der Waals surface area contributed by atoms with Crippen molar-refractivity contribution in [2.45, 2.75) is 6.92 Å². The van der Waals surface area contributed by atoms with Gasteiger partial charge in [0.05, 0.1) is 11.8 Å². The van der Waals surface area contributed by atoms with Crippen molar-refractivity contribution in [3.8, 4) is 0 Å². The molecule has 1 heterocycles. The molecular formula is C11H10N4O3. The quantitative estimate of drug-likeness (QED) is 0.750. The summed E-state index contributed by atoms with van der Waals surface area (Å²) < 4.78 is 0. The Bertz CT molecular complexity index is 592. The monoisotopic (exact) mass is 246 g/mol. The topological polar surface area (TPSA) is 108 Å². The minimum atomic E-state index is -1.01. The highest BCUT2D eigenvalue weighted by Gasteiger charge is 2.11. The van der Waals surface area contributed by atoms with Crippen LogP contribution in [0, 0.1) is 6.92 Å². The van der Waals surface area contributed by atoms with Gasteiger partial charge in [-0.15, -0.1) is 0 Å². The highest BCUT2D eigenvalue weighted by Crippen LogP contribution is 2.17. The largest absolute Gasteiger partial charge is 0.478 e. The van der Waals surface area contributed by atoms with Crippen LogP contribution < -0.4 is 5.32 Å². The van der Waals surface area contributed by atoms with E-state index in [-0.39, 0.29) is 11.3 Å². The van der Waals surface area contributed by atoms with E-state index in [1.54, 1.807) is 6.92 Å². The van der Waals surface area contributed by atoms with E-state index in [0.29, 0.717) is 11.3 Å². The summed E-state index contributed by atoms with van der Waals surface area (Å²) in [6.45, 7) is 1.71. The van der Waals surface area contributed by atoms with Gasteiger partial charge in [0.1, 0.15) is 0 Å². The normalized spacial score (nSPS) is 10.1. The first kappa shape index (κ1) is 11.8. The van der Waals surface area contributed by atoms with Gasteiger partial charge in [0.25, 0.3) is 5.91 Å². The van der Waals surface area contributed by atoms with Gasteiger partial charge in [-0.1, -0.05) is 0 Å². The number of aromatic nitrogens is 3. The minimum absolute atomic E-state index is 0.164. The molecule has 18 heavy (non-hydrogen) atoms. The molecule has 0 spiro atoms. The van der Waals surface area contributed by atoms with Crippen molar-refractivity contribution in [3.05, 3.63) is 41.2 Å². The second-order valence-electron chi connectivity index (χ2n) is 3.64. The first-order chi connectivity index (χ1) is 8.58. The average molecular weight is 246 g/mol. The Labute approximate surface area is 102 Å². The van der Waals surface area contributed by atoms with E-state index in [2.05, 4.69) is 20.7 Å². The molecule has 92 valence electrons. The van der Waals surface area contributed by atoms with Crippen LogP contribution in [0.1, 0.15) is 26.4 Å². The van der Waals surface area contributed by atoms with Gasteiger partial charge in [0, 0.05) is 5.69 Å². The fraction of sp³-hybridized carbons (Fsp3) is 0.0909. The Kier molecular flexibility index (Phi) is 3.05. The fourth-order valence-electron chi connectivity index (χ4n) is 1.43. The maximum absolute atomic E-state index is 11.7. The van der Waals surface area contributed by atoms with E-state index in [0.717, 1.165) is 0 Å². The van der Waals surface area contributed by atoms with Crippen LogP contribution in [0.3, 0.4) is 0 Å². The second kappa shape index (κ2) is 4.66. The second-order valence-corrected chi connectivity index (χ2v) is 3.64. The Hall–Kier alpha value is -2.70. The standard InChI is InChI=1S/C11H10N4O3/c1-6-4-7(11(17)18)2-3-8(6)13-10(16)9-5-12-15-14-9/h2-5H,1H3,(H,13,16)(H,17,18)(H,12,14,15). The van der Waals surface area contributed by atoms with Crippen LogP contribution in [-0.4, -0.2) is 32.4 Å². The van der Waals surface area contributed by atoms with E-state index in [1.807, 2.05) is 0 Å². The molecule has 0 bridgehead atoms. The Balaban J connectivity index is 2.20. The molecule has 2 aromatic rings. The SMILES string of the molecule is Cc1cc(C(=O)O)ccc1NC(=O)c1cn[nH]n1. The molecule has 0 atom stereocenters. The molecule has 0 saturated carbocycles. The van der Waals surface area contributed by atoms with Gasteiger partial charge in [-0.3, -0.25) is 4.79 Å². The fourth-order valence-corrected chi connectivity index (χ4v) is 1.43. The number of H-pyrrole nitrogens is 1. The number of carboxylic acids is 1. The Morgan fingerprint density at radius 1 is 1.39 bits per heavy atom. The number of carboxylic acid groups (broad SMARTS) is 1. The highest BCUT2D eigenvalue weighted by molar-refractivity contribution is 6.03. The molecule has 0 aliphatic heterocycles. The lowest BCUT2D eigenvalue weighted by Gasteiger charge is -2.07. The van der Waals surface area contributed by atoms with Crippen molar-refractivity contribution in [2.75, 3.05) is 5.32 Å². The van der Waals surface area contributed by atoms with E-state index in [9.17, 15) is 9.59 Å². The number of rotatable bonds is 3. The summed E-state index contributed by atoms with van der Waals surface area (Å²) >= 11 is 0. The summed E-state index contributed by atoms with van der Waals surface area (Å²) in [6, 6.07) is 4.45. The predicted octanol–water partition coefficient (Wildman–Crippen LogP) is 1.06. The van der Waals surface area contributed by atoms with Crippen LogP contribution in [0.4, 0.5) is 5.69 Å². The van der Waals surface area contributed by atoms with E-state index in [4.69, 9.17) is 5.11 Å². The number of aromatic amines is 1. The molecule has 0 aliphatic rings. The number of carbonyl (C=O) groups excluding carboxylic acids is 1. The summed E-state index contributed by atoms with van der Waals surface area (Å²) in [4.78, 5) is 22.5. The molecule has 1 aromatic heterocycles. The third-order valence-electron chi connectivity index (χ3n) is 2.37. The van der Waals surface area contributed by atoms with Crippen molar-refractivity contribution >= 4 is 17.6 Å². The first-order valence-corrected chi connectivity index (χ1v) is 5.09. The zero-order valence-corrected chi connectivity index (χ0v) is 9.47. The van der Waals surface area contributed by atoms with Crippen molar-refractivity contribution in [2.24, 2.45) is 0 Å². The zero-order valence-electron chi connectivity index (χ0n) is 9.47. The predicted molar refractivity (Wildman–Crippen MR) is 62.5 cm³/mol. The van der Waals surface area contributed by atoms with Crippen molar-refractivity contribution in [3.63, 3.8) is 0 Å². The van der Waals surface area contributed by atoms with E-state index in [1.165, 1.54) is 24.4 Å². The van der Waals surface area contributed by atoms with E-state index >= 15 is 0 Å². The third-order valence-corrected chi connectivity index (χ3v) is 2.37. The summed E-state index contributed by atoms with van der Waals surface area (Å²) in [5.74, 6) is -1.41. The summed E-state index contributed by atoms with van der Waals surface area (Å²) in [5.41, 5.74) is 1.53. The maximum atomic E-state index is 11.7. The van der Waals surface area contributed by atoms with Gasteiger partial charge in [-0.05, 0) is 30.7 Å². The molecule has 1 aromatic carbocycles. The maximum Gasteiger partial charge on any atom is 0.335 e. The van der Waals surface area contributed by atoms with Gasteiger partial charge in [0.15, 0.2) is 5.69 Å². The van der Waals surface area contributed by atoms with E-state index < -0.39 is 11.9 Å². The molecule has 3 N–H and O–H groups in total. The number of aryl methyl sites for hydroxylation is 1. The lowest BCUT2D eigenvalue weighted by atomic mass is 10.1. The lowest BCUT2D eigenvalue weighted by Crippen LogP contribution is -2.13. The number of anilines is 1. The Morgan fingerprint density at radius 3 is 2.72 bits per heavy atom. The summed E-state index contributed by atoms with van der Waals surface area (Å²) in [5, 5.41) is 21.0. The number of benzene rings is 1. The van der Waals surface area contributed by atoms with Crippen LogP contribution in [0.2, 0.25) is 0 Å². The average Bonchev–Trinajstić information content (AvgIpc) is 2.85. The number of hydrogen-bond acceptors (Lipinski definition) is 4. The van der Waals surface area contributed by atoms with Gasteiger partial charge in [0.2, 0.25) is 0 Å². The zero-order chi connectivity index (χ0) is 13.1. The molecule has 0 aliphatic carbocycles. The van der Waals surface area contributed by atoms with Gasteiger partial charge >= 0.3 is 5.97 Å².